The lowest BCUT2D eigenvalue weighted by Gasteiger charge is -2.35. The first kappa shape index (κ1) is 15.6. The number of ether oxygens (including phenoxy) is 1. The van der Waals surface area contributed by atoms with Crippen LogP contribution < -0.4 is 20.0 Å². The summed E-state index contributed by atoms with van der Waals surface area (Å²) in [6.45, 7) is 1.74. The Balaban J connectivity index is 1.48. The molecule has 0 spiro atoms. The molecule has 2 atom stereocenters. The van der Waals surface area contributed by atoms with Crippen molar-refractivity contribution >= 4 is 17.5 Å². The highest BCUT2D eigenvalue weighted by molar-refractivity contribution is 5.92. The van der Waals surface area contributed by atoms with Gasteiger partial charge in [-0.1, -0.05) is 6.07 Å². The van der Waals surface area contributed by atoms with Gasteiger partial charge in [-0.3, -0.25) is 10.0 Å². The van der Waals surface area contributed by atoms with Gasteiger partial charge in [-0.25, -0.2) is 15.4 Å². The van der Waals surface area contributed by atoms with Crippen LogP contribution in [-0.4, -0.2) is 53.4 Å². The number of anilines is 2. The van der Waals surface area contributed by atoms with E-state index in [2.05, 4.69) is 31.9 Å². The Morgan fingerprint density at radius 1 is 1.24 bits per heavy atom. The topological polar surface area (TPSA) is 90.8 Å². The molecule has 3 heterocycles. The molecule has 2 fully saturated rings. The van der Waals surface area contributed by atoms with Crippen LogP contribution in [0.3, 0.4) is 0 Å². The highest BCUT2D eigenvalue weighted by atomic mass is 16.5. The number of piperazine rings is 1. The van der Waals surface area contributed by atoms with Gasteiger partial charge < -0.3 is 14.5 Å². The van der Waals surface area contributed by atoms with Crippen molar-refractivity contribution in [3.05, 3.63) is 42.2 Å². The van der Waals surface area contributed by atoms with Crippen molar-refractivity contribution in [1.82, 2.24) is 15.4 Å². The van der Waals surface area contributed by atoms with Crippen LogP contribution in [-0.2, 0) is 0 Å². The number of hydrogen-bond donors (Lipinski definition) is 2. The van der Waals surface area contributed by atoms with E-state index in [0.717, 1.165) is 25.3 Å². The van der Waals surface area contributed by atoms with E-state index in [9.17, 15) is 4.79 Å². The number of amides is 1. The lowest BCUT2D eigenvalue weighted by Crippen LogP contribution is -2.47. The summed E-state index contributed by atoms with van der Waals surface area (Å²) in [6.07, 6.45) is 3.92. The third-order valence-corrected chi connectivity index (χ3v) is 4.88. The SMILES string of the molecule is COc1cccc(N2C[C@@H]3C[C@H]2CN3c2ncc(C(=O)NO)cn2)c1. The van der Waals surface area contributed by atoms with Crippen LogP contribution in [0.15, 0.2) is 36.7 Å². The molecule has 2 saturated heterocycles. The fourth-order valence-corrected chi connectivity index (χ4v) is 3.67. The zero-order chi connectivity index (χ0) is 17.4. The number of aromatic nitrogens is 2. The van der Waals surface area contributed by atoms with Gasteiger partial charge in [0.15, 0.2) is 0 Å². The van der Waals surface area contributed by atoms with Crippen molar-refractivity contribution in [2.24, 2.45) is 0 Å². The monoisotopic (exact) mass is 341 g/mol. The summed E-state index contributed by atoms with van der Waals surface area (Å²) < 4.78 is 5.32. The van der Waals surface area contributed by atoms with Crippen molar-refractivity contribution in [1.29, 1.82) is 0 Å². The van der Waals surface area contributed by atoms with Gasteiger partial charge in [0, 0.05) is 43.3 Å². The normalized spacial score (nSPS) is 21.5. The Kier molecular flexibility index (Phi) is 3.89. The first-order valence-electron chi connectivity index (χ1n) is 8.13. The molecule has 1 aromatic carbocycles. The van der Waals surface area contributed by atoms with Crippen LogP contribution in [0.1, 0.15) is 16.8 Å². The molecule has 8 heteroatoms. The van der Waals surface area contributed by atoms with Gasteiger partial charge in [0.25, 0.3) is 5.91 Å². The molecule has 4 rings (SSSR count). The second-order valence-electron chi connectivity index (χ2n) is 6.26. The minimum atomic E-state index is -0.612. The zero-order valence-corrected chi connectivity index (χ0v) is 13.8. The first-order valence-corrected chi connectivity index (χ1v) is 8.13. The molecule has 2 aliphatic heterocycles. The first-order chi connectivity index (χ1) is 12.2. The van der Waals surface area contributed by atoms with E-state index in [0.29, 0.717) is 18.0 Å². The lowest BCUT2D eigenvalue weighted by atomic mass is 10.2. The molecule has 0 saturated carbocycles. The fourth-order valence-electron chi connectivity index (χ4n) is 3.67. The average Bonchev–Trinajstić information content (AvgIpc) is 3.28. The van der Waals surface area contributed by atoms with Crippen LogP contribution >= 0.6 is 0 Å². The predicted molar refractivity (Wildman–Crippen MR) is 91.2 cm³/mol. The lowest BCUT2D eigenvalue weighted by molar-refractivity contribution is 0.0705. The molecule has 2 bridgehead atoms. The largest absolute Gasteiger partial charge is 0.497 e. The summed E-state index contributed by atoms with van der Waals surface area (Å²) in [5.41, 5.74) is 2.98. The Morgan fingerprint density at radius 3 is 2.60 bits per heavy atom. The van der Waals surface area contributed by atoms with E-state index < -0.39 is 5.91 Å². The van der Waals surface area contributed by atoms with Crippen molar-refractivity contribution in [2.45, 2.75) is 18.5 Å². The molecular formula is C17H19N5O3. The van der Waals surface area contributed by atoms with Gasteiger partial charge in [0.2, 0.25) is 5.95 Å². The number of methoxy groups -OCH3 is 1. The van der Waals surface area contributed by atoms with Crippen molar-refractivity contribution in [3.8, 4) is 5.75 Å². The van der Waals surface area contributed by atoms with E-state index in [1.54, 1.807) is 12.6 Å². The number of nitrogens with one attached hydrogen (secondary N) is 1. The fraction of sp³-hybridized carbons (Fsp3) is 0.353. The standard InChI is InChI=1S/C17H19N5O3/c1-25-15-4-2-3-12(6-15)21-9-14-5-13(21)10-22(14)17-18-7-11(8-19-17)16(23)20-24/h2-4,6-8,13-14,24H,5,9-10H2,1H3,(H,20,23)/t13-,14-/m0/s1. The van der Waals surface area contributed by atoms with Crippen LogP contribution in [0.4, 0.5) is 11.6 Å². The summed E-state index contributed by atoms with van der Waals surface area (Å²) in [5, 5.41) is 8.65. The minimum Gasteiger partial charge on any atom is -0.497 e. The van der Waals surface area contributed by atoms with Crippen molar-refractivity contribution in [3.63, 3.8) is 0 Å². The summed E-state index contributed by atoms with van der Waals surface area (Å²) in [6, 6.07) is 8.86. The van der Waals surface area contributed by atoms with E-state index in [1.165, 1.54) is 18.1 Å². The quantitative estimate of drug-likeness (QED) is 0.635. The smallest absolute Gasteiger partial charge is 0.277 e. The number of fused-ring (bicyclic) bond motifs is 2. The molecule has 25 heavy (non-hydrogen) atoms. The van der Waals surface area contributed by atoms with Crippen LogP contribution in [0, 0.1) is 0 Å². The molecule has 0 aliphatic carbocycles. The van der Waals surface area contributed by atoms with E-state index in [1.807, 2.05) is 12.1 Å². The van der Waals surface area contributed by atoms with Gasteiger partial charge >= 0.3 is 0 Å². The Morgan fingerprint density at radius 2 is 1.96 bits per heavy atom. The maximum absolute atomic E-state index is 11.4. The molecule has 2 aliphatic rings. The molecule has 8 nitrogen and oxygen atoms in total. The number of hydrogen-bond acceptors (Lipinski definition) is 7. The second-order valence-corrected chi connectivity index (χ2v) is 6.26. The van der Waals surface area contributed by atoms with Gasteiger partial charge in [-0.2, -0.15) is 0 Å². The molecule has 130 valence electrons. The Bertz CT molecular complexity index is 782. The summed E-state index contributed by atoms with van der Waals surface area (Å²) in [4.78, 5) is 24.5. The second kappa shape index (κ2) is 6.21. The molecule has 0 unspecified atom stereocenters. The van der Waals surface area contributed by atoms with Crippen molar-refractivity contribution in [2.75, 3.05) is 30.0 Å². The molecule has 2 aromatic rings. The number of benzene rings is 1. The highest BCUT2D eigenvalue weighted by Crippen LogP contribution is 2.37. The number of rotatable bonds is 4. The Labute approximate surface area is 145 Å². The third kappa shape index (κ3) is 2.74. The van der Waals surface area contributed by atoms with Gasteiger partial charge in [-0.05, 0) is 18.6 Å². The van der Waals surface area contributed by atoms with Gasteiger partial charge in [-0.15, -0.1) is 0 Å². The molecule has 0 radical (unpaired) electrons. The zero-order valence-electron chi connectivity index (χ0n) is 13.8. The Hall–Kier alpha value is -2.87. The average molecular weight is 341 g/mol. The minimum absolute atomic E-state index is 0.230. The summed E-state index contributed by atoms with van der Waals surface area (Å²) >= 11 is 0. The molecule has 1 aromatic heterocycles. The van der Waals surface area contributed by atoms with Crippen molar-refractivity contribution < 1.29 is 14.7 Å². The van der Waals surface area contributed by atoms with Gasteiger partial charge in [0.1, 0.15) is 5.75 Å². The number of carbonyl (C=O) groups excluding carboxylic acids is 1. The predicted octanol–water partition coefficient (Wildman–Crippen LogP) is 1.07. The van der Waals surface area contributed by atoms with Crippen LogP contribution in [0.25, 0.3) is 0 Å². The van der Waals surface area contributed by atoms with E-state index >= 15 is 0 Å². The third-order valence-electron chi connectivity index (χ3n) is 4.88. The number of hydroxylamine groups is 1. The number of nitrogens with zero attached hydrogens (tertiary/aromatic N) is 4. The maximum Gasteiger partial charge on any atom is 0.277 e. The summed E-state index contributed by atoms with van der Waals surface area (Å²) in [7, 11) is 1.68. The van der Waals surface area contributed by atoms with Crippen LogP contribution in [0.5, 0.6) is 5.75 Å². The molecule has 2 N–H and O–H groups in total. The summed E-state index contributed by atoms with van der Waals surface area (Å²) in [5.74, 6) is 0.865. The highest BCUT2D eigenvalue weighted by Gasteiger charge is 2.44. The van der Waals surface area contributed by atoms with E-state index in [-0.39, 0.29) is 5.56 Å². The van der Waals surface area contributed by atoms with Gasteiger partial charge in [0.05, 0.1) is 18.7 Å². The molecular weight excluding hydrogens is 322 g/mol. The number of carbonyl (C=O) groups is 1. The van der Waals surface area contributed by atoms with Crippen LogP contribution in [0.2, 0.25) is 0 Å². The maximum atomic E-state index is 11.4. The molecule has 1 amide bonds. The van der Waals surface area contributed by atoms with E-state index in [4.69, 9.17) is 9.94 Å².